The van der Waals surface area contributed by atoms with E-state index in [1.807, 2.05) is 23.6 Å². The number of hydrogen-bond acceptors (Lipinski definition) is 5. The van der Waals surface area contributed by atoms with Crippen LogP contribution in [-0.2, 0) is 16.1 Å². The summed E-state index contributed by atoms with van der Waals surface area (Å²) < 4.78 is 0. The van der Waals surface area contributed by atoms with Gasteiger partial charge in [-0.25, -0.2) is 0 Å². The van der Waals surface area contributed by atoms with Gasteiger partial charge in [0.2, 0.25) is 0 Å². The van der Waals surface area contributed by atoms with Crippen LogP contribution in [0.4, 0.5) is 0 Å². The van der Waals surface area contributed by atoms with E-state index in [1.165, 1.54) is 16.2 Å². The summed E-state index contributed by atoms with van der Waals surface area (Å²) in [5.74, 6) is -1.44. The van der Waals surface area contributed by atoms with E-state index in [0.717, 1.165) is 10.4 Å². The Bertz CT molecular complexity index is 782. The highest BCUT2D eigenvalue weighted by Gasteiger charge is 2.44. The third-order valence-corrected chi connectivity index (χ3v) is 4.91. The molecule has 3 heterocycles. The molecule has 0 bridgehead atoms. The van der Waals surface area contributed by atoms with Crippen molar-refractivity contribution in [3.05, 3.63) is 63.8 Å². The van der Waals surface area contributed by atoms with Crippen molar-refractivity contribution in [2.45, 2.75) is 26.4 Å². The highest BCUT2D eigenvalue weighted by Crippen LogP contribution is 2.41. The minimum absolute atomic E-state index is 0.196. The minimum atomic E-state index is -0.549. The van der Waals surface area contributed by atoms with Crippen molar-refractivity contribution in [1.29, 1.82) is 0 Å². The Balaban J connectivity index is 2.03. The van der Waals surface area contributed by atoms with Crippen LogP contribution in [0.25, 0.3) is 0 Å². The lowest BCUT2D eigenvalue weighted by Gasteiger charge is -2.26. The number of aliphatic hydroxyl groups is 1. The number of nitrogens with zero attached hydrogens (tertiary/aromatic N) is 2. The number of amides is 1. The molecule has 0 aliphatic carbocycles. The smallest absolute Gasteiger partial charge is 0.290 e. The Labute approximate surface area is 144 Å². The van der Waals surface area contributed by atoms with E-state index < -0.39 is 17.7 Å². The maximum Gasteiger partial charge on any atom is 0.290 e. The zero-order valence-corrected chi connectivity index (χ0v) is 14.3. The number of pyridine rings is 1. The number of hydrogen-bond donors (Lipinski definition) is 1. The van der Waals surface area contributed by atoms with Crippen LogP contribution in [0, 0.1) is 5.92 Å². The molecule has 6 heteroatoms. The van der Waals surface area contributed by atoms with Gasteiger partial charge >= 0.3 is 0 Å². The predicted octanol–water partition coefficient (Wildman–Crippen LogP) is 3.26. The second kappa shape index (κ2) is 6.57. The van der Waals surface area contributed by atoms with Crippen LogP contribution >= 0.6 is 11.3 Å². The summed E-state index contributed by atoms with van der Waals surface area (Å²) in [6.07, 6.45) is 3.34. The highest BCUT2D eigenvalue weighted by molar-refractivity contribution is 7.10. The number of Topliss-reactive ketones (excluding diaryl/α,β-unsaturated/α-hetero) is 1. The maximum atomic E-state index is 12.6. The monoisotopic (exact) mass is 342 g/mol. The first-order chi connectivity index (χ1) is 11.5. The first-order valence-corrected chi connectivity index (χ1v) is 8.59. The average Bonchev–Trinajstić information content (AvgIpc) is 3.18. The molecule has 24 heavy (non-hydrogen) atoms. The molecular formula is C18H18N2O3S. The highest BCUT2D eigenvalue weighted by atomic mass is 32.1. The molecule has 5 nitrogen and oxygen atoms in total. The van der Waals surface area contributed by atoms with Crippen molar-refractivity contribution in [2.75, 3.05) is 0 Å². The number of carbonyl (C=O) groups excluding carboxylic acids is 2. The van der Waals surface area contributed by atoms with Crippen molar-refractivity contribution >= 4 is 23.0 Å². The Morgan fingerprint density at radius 3 is 2.75 bits per heavy atom. The Hall–Kier alpha value is -2.47. The Morgan fingerprint density at radius 1 is 1.38 bits per heavy atom. The largest absolute Gasteiger partial charge is 0.503 e. The lowest BCUT2D eigenvalue weighted by atomic mass is 9.94. The first kappa shape index (κ1) is 16.4. The van der Waals surface area contributed by atoms with E-state index in [0.29, 0.717) is 0 Å². The van der Waals surface area contributed by atoms with Crippen LogP contribution in [-0.4, -0.2) is 26.7 Å². The molecule has 1 atom stereocenters. The van der Waals surface area contributed by atoms with Crippen LogP contribution in [0.2, 0.25) is 0 Å². The molecule has 2 aromatic heterocycles. The molecule has 0 spiro atoms. The van der Waals surface area contributed by atoms with Crippen LogP contribution in [0.3, 0.4) is 0 Å². The maximum absolute atomic E-state index is 12.6. The molecule has 1 aliphatic heterocycles. The molecule has 1 amide bonds. The summed E-state index contributed by atoms with van der Waals surface area (Å²) in [7, 11) is 0. The zero-order chi connectivity index (χ0) is 17.3. The van der Waals surface area contributed by atoms with Gasteiger partial charge in [0.15, 0.2) is 11.5 Å². The zero-order valence-electron chi connectivity index (χ0n) is 13.5. The molecule has 1 aliphatic rings. The normalized spacial score (nSPS) is 17.9. The quantitative estimate of drug-likeness (QED) is 0.905. The van der Waals surface area contributed by atoms with E-state index >= 15 is 0 Å². The van der Waals surface area contributed by atoms with Gasteiger partial charge in [0.1, 0.15) is 0 Å². The third kappa shape index (κ3) is 2.85. The second-order valence-electron chi connectivity index (χ2n) is 5.99. The summed E-state index contributed by atoms with van der Waals surface area (Å²) >= 11 is 1.46. The van der Waals surface area contributed by atoms with Gasteiger partial charge in [-0.15, -0.1) is 11.3 Å². The number of carbonyl (C=O) groups is 2. The third-order valence-electron chi connectivity index (χ3n) is 3.98. The van der Waals surface area contributed by atoms with E-state index in [4.69, 9.17) is 0 Å². The van der Waals surface area contributed by atoms with Crippen LogP contribution in [0.15, 0.2) is 53.4 Å². The predicted molar refractivity (Wildman–Crippen MR) is 91.3 cm³/mol. The lowest BCUT2D eigenvalue weighted by Crippen LogP contribution is -2.30. The van der Waals surface area contributed by atoms with Gasteiger partial charge in [-0.3, -0.25) is 14.6 Å². The van der Waals surface area contributed by atoms with Crippen molar-refractivity contribution in [1.82, 2.24) is 9.88 Å². The molecule has 3 rings (SSSR count). The van der Waals surface area contributed by atoms with Gasteiger partial charge in [-0.05, 0) is 23.1 Å². The standard InChI is InChI=1S/C18H18N2O3S/c1-11(2)16(21)14-15(13-6-4-8-24-13)20(18(23)17(14)22)10-12-5-3-7-19-9-12/h3-9,11,15,22H,10H2,1-2H3. The van der Waals surface area contributed by atoms with Crippen molar-refractivity contribution in [3.8, 4) is 0 Å². The molecule has 2 aromatic rings. The van der Waals surface area contributed by atoms with Gasteiger partial charge in [0.25, 0.3) is 5.91 Å². The van der Waals surface area contributed by atoms with Crippen molar-refractivity contribution < 1.29 is 14.7 Å². The van der Waals surface area contributed by atoms with Crippen molar-refractivity contribution in [3.63, 3.8) is 0 Å². The summed E-state index contributed by atoms with van der Waals surface area (Å²) in [5.41, 5.74) is 1.04. The summed E-state index contributed by atoms with van der Waals surface area (Å²) in [6.45, 7) is 3.82. The lowest BCUT2D eigenvalue weighted by molar-refractivity contribution is -0.130. The molecule has 0 fully saturated rings. The van der Waals surface area contributed by atoms with E-state index in [9.17, 15) is 14.7 Å². The fourth-order valence-electron chi connectivity index (χ4n) is 2.81. The average molecular weight is 342 g/mol. The topological polar surface area (TPSA) is 70.5 Å². The SMILES string of the molecule is CC(C)C(=O)C1=C(O)C(=O)N(Cc2cccnc2)C1c1cccs1. The Kier molecular flexibility index (Phi) is 4.49. The molecule has 1 unspecified atom stereocenters. The molecule has 0 saturated heterocycles. The van der Waals surface area contributed by atoms with Gasteiger partial charge in [0, 0.05) is 29.7 Å². The summed E-state index contributed by atoms with van der Waals surface area (Å²) in [4.78, 5) is 31.7. The molecular weight excluding hydrogens is 324 g/mol. The fraction of sp³-hybridized carbons (Fsp3) is 0.278. The van der Waals surface area contributed by atoms with Crippen LogP contribution in [0.5, 0.6) is 0 Å². The molecule has 0 aromatic carbocycles. The van der Waals surface area contributed by atoms with Crippen molar-refractivity contribution in [2.24, 2.45) is 5.92 Å². The Morgan fingerprint density at radius 2 is 2.17 bits per heavy atom. The molecule has 1 N–H and O–H groups in total. The van der Waals surface area contributed by atoms with E-state index in [-0.39, 0.29) is 23.8 Å². The van der Waals surface area contributed by atoms with E-state index in [2.05, 4.69) is 4.98 Å². The molecule has 0 radical (unpaired) electrons. The second-order valence-corrected chi connectivity index (χ2v) is 6.97. The summed E-state index contributed by atoms with van der Waals surface area (Å²) in [6, 6.07) is 6.87. The van der Waals surface area contributed by atoms with Gasteiger partial charge in [-0.1, -0.05) is 26.0 Å². The van der Waals surface area contributed by atoms with E-state index in [1.54, 1.807) is 32.3 Å². The fourth-order valence-corrected chi connectivity index (χ4v) is 3.66. The van der Waals surface area contributed by atoms with Gasteiger partial charge < -0.3 is 10.0 Å². The number of thiophene rings is 1. The minimum Gasteiger partial charge on any atom is -0.503 e. The van der Waals surface area contributed by atoms with Gasteiger partial charge in [0.05, 0.1) is 11.6 Å². The summed E-state index contributed by atoms with van der Waals surface area (Å²) in [5, 5.41) is 12.2. The first-order valence-electron chi connectivity index (χ1n) is 7.71. The van der Waals surface area contributed by atoms with Gasteiger partial charge in [-0.2, -0.15) is 0 Å². The number of aliphatic hydroxyl groups excluding tert-OH is 1. The number of rotatable bonds is 5. The number of aromatic nitrogens is 1. The molecule has 124 valence electrons. The van der Waals surface area contributed by atoms with Crippen LogP contribution < -0.4 is 0 Å². The van der Waals surface area contributed by atoms with Crippen LogP contribution in [0.1, 0.15) is 30.3 Å². The number of ketones is 1. The molecule has 0 saturated carbocycles.